The summed E-state index contributed by atoms with van der Waals surface area (Å²) in [5, 5.41) is 13.1. The van der Waals surface area contributed by atoms with E-state index < -0.39 is 26.8 Å². The van der Waals surface area contributed by atoms with Crippen LogP contribution in [0.3, 0.4) is 0 Å². The summed E-state index contributed by atoms with van der Waals surface area (Å²) in [5.41, 5.74) is 3.06. The highest BCUT2D eigenvalue weighted by molar-refractivity contribution is 8.00. The number of aliphatic carboxylic acids is 1. The van der Waals surface area contributed by atoms with E-state index >= 15 is 0 Å². The zero-order chi connectivity index (χ0) is 24.1. The maximum Gasteiger partial charge on any atom is 0.323 e. The van der Waals surface area contributed by atoms with Crippen LogP contribution in [0.5, 0.6) is 0 Å². The van der Waals surface area contributed by atoms with Crippen LogP contribution >= 0.6 is 11.8 Å². The SMILES string of the molecule is COCCCNCc1ccc(-c2ccc(S(=O)(=O)N3CCSC(C)(C)C3C(=O)O)cc2)cc1. The monoisotopic (exact) mass is 492 g/mol. The molecule has 7 nitrogen and oxygen atoms in total. The molecule has 1 saturated heterocycles. The van der Waals surface area contributed by atoms with Crippen molar-refractivity contribution in [2.75, 3.05) is 32.6 Å². The van der Waals surface area contributed by atoms with Crippen molar-refractivity contribution < 1.29 is 23.1 Å². The zero-order valence-corrected chi connectivity index (χ0v) is 20.9. The van der Waals surface area contributed by atoms with Gasteiger partial charge in [0, 0.05) is 37.3 Å². The smallest absolute Gasteiger partial charge is 0.323 e. The number of sulfonamides is 1. The van der Waals surface area contributed by atoms with Crippen molar-refractivity contribution in [2.45, 2.75) is 42.5 Å². The molecule has 9 heteroatoms. The molecule has 1 aliphatic rings. The number of thioether (sulfide) groups is 1. The first-order chi connectivity index (χ1) is 15.7. The zero-order valence-electron chi connectivity index (χ0n) is 19.3. The number of rotatable bonds is 10. The molecule has 2 N–H and O–H groups in total. The molecule has 2 aromatic rings. The normalized spacial score (nSPS) is 18.8. The molecule has 1 unspecified atom stereocenters. The Balaban J connectivity index is 1.72. The Morgan fingerprint density at radius 1 is 1.15 bits per heavy atom. The van der Waals surface area contributed by atoms with Crippen LogP contribution in [0.2, 0.25) is 0 Å². The fraction of sp³-hybridized carbons (Fsp3) is 0.458. The molecular formula is C24H32N2O5S2. The lowest BCUT2D eigenvalue weighted by Gasteiger charge is -2.42. The van der Waals surface area contributed by atoms with Crippen molar-refractivity contribution in [3.8, 4) is 11.1 Å². The molecule has 1 aliphatic heterocycles. The number of hydrogen-bond acceptors (Lipinski definition) is 6. The largest absolute Gasteiger partial charge is 0.480 e. The Bertz CT molecular complexity index is 1040. The van der Waals surface area contributed by atoms with Crippen molar-refractivity contribution in [3.63, 3.8) is 0 Å². The molecule has 1 heterocycles. The first-order valence-electron chi connectivity index (χ1n) is 10.9. The van der Waals surface area contributed by atoms with Gasteiger partial charge in [0.2, 0.25) is 10.0 Å². The van der Waals surface area contributed by atoms with E-state index in [2.05, 4.69) is 5.32 Å². The Morgan fingerprint density at radius 2 is 1.76 bits per heavy atom. The molecule has 2 aromatic carbocycles. The second-order valence-corrected chi connectivity index (χ2v) is 12.2. The van der Waals surface area contributed by atoms with Gasteiger partial charge in [-0.2, -0.15) is 16.1 Å². The van der Waals surface area contributed by atoms with Crippen molar-refractivity contribution in [1.29, 1.82) is 0 Å². The van der Waals surface area contributed by atoms with Crippen molar-refractivity contribution >= 4 is 27.8 Å². The molecular weight excluding hydrogens is 460 g/mol. The quantitative estimate of drug-likeness (QED) is 0.491. The molecule has 1 atom stereocenters. The minimum Gasteiger partial charge on any atom is -0.480 e. The number of nitrogens with zero attached hydrogens (tertiary/aromatic N) is 1. The second kappa shape index (κ2) is 11.0. The van der Waals surface area contributed by atoms with Gasteiger partial charge in [-0.1, -0.05) is 36.4 Å². The van der Waals surface area contributed by atoms with E-state index in [4.69, 9.17) is 4.74 Å². The molecule has 0 aliphatic carbocycles. The van der Waals surface area contributed by atoms with Crippen molar-refractivity contribution in [2.24, 2.45) is 0 Å². The van der Waals surface area contributed by atoms with E-state index in [1.54, 1.807) is 45.2 Å². The van der Waals surface area contributed by atoms with Crippen LogP contribution in [-0.4, -0.2) is 67.1 Å². The lowest BCUT2D eigenvalue weighted by Crippen LogP contribution is -2.58. The number of carboxylic acid groups (broad SMARTS) is 1. The molecule has 0 aromatic heterocycles. The number of methoxy groups -OCH3 is 1. The predicted molar refractivity (Wildman–Crippen MR) is 132 cm³/mol. The maximum absolute atomic E-state index is 13.3. The van der Waals surface area contributed by atoms with Crippen LogP contribution in [0.1, 0.15) is 25.8 Å². The van der Waals surface area contributed by atoms with Gasteiger partial charge in [-0.05, 0) is 55.6 Å². The van der Waals surface area contributed by atoms with Crippen LogP contribution in [0.25, 0.3) is 11.1 Å². The average Bonchev–Trinajstić information content (AvgIpc) is 2.78. The second-order valence-electron chi connectivity index (χ2n) is 8.55. The first kappa shape index (κ1) is 25.7. The lowest BCUT2D eigenvalue weighted by atomic mass is 10.0. The Morgan fingerprint density at radius 3 is 2.33 bits per heavy atom. The summed E-state index contributed by atoms with van der Waals surface area (Å²) >= 11 is 1.48. The topological polar surface area (TPSA) is 95.9 Å². The fourth-order valence-electron chi connectivity index (χ4n) is 3.98. The predicted octanol–water partition coefficient (Wildman–Crippen LogP) is 3.45. The molecule has 0 bridgehead atoms. The third kappa shape index (κ3) is 6.16. The Kier molecular flexibility index (Phi) is 8.58. The highest BCUT2D eigenvalue weighted by Gasteiger charge is 2.48. The van der Waals surface area contributed by atoms with E-state index in [0.717, 1.165) is 41.5 Å². The molecule has 3 rings (SSSR count). The molecule has 0 amide bonds. The summed E-state index contributed by atoms with van der Waals surface area (Å²) in [6.07, 6.45) is 0.963. The summed E-state index contributed by atoms with van der Waals surface area (Å²) in [4.78, 5) is 12.0. The fourth-order valence-corrected chi connectivity index (χ4v) is 7.07. The van der Waals surface area contributed by atoms with Gasteiger partial charge in [0.25, 0.3) is 0 Å². The van der Waals surface area contributed by atoms with Gasteiger partial charge in [0.15, 0.2) is 0 Å². The summed E-state index contributed by atoms with van der Waals surface area (Å²) in [6.45, 7) is 6.14. The Hall–Kier alpha value is -1.91. The van der Waals surface area contributed by atoms with Crippen molar-refractivity contribution in [3.05, 3.63) is 54.1 Å². The van der Waals surface area contributed by atoms with Gasteiger partial charge in [0.1, 0.15) is 6.04 Å². The van der Waals surface area contributed by atoms with Gasteiger partial charge in [-0.25, -0.2) is 8.42 Å². The number of ether oxygens (including phenoxy) is 1. The molecule has 0 radical (unpaired) electrons. The maximum atomic E-state index is 13.3. The molecule has 0 saturated carbocycles. The van der Waals surface area contributed by atoms with Crippen LogP contribution < -0.4 is 5.32 Å². The number of nitrogens with one attached hydrogen (secondary N) is 1. The molecule has 0 spiro atoms. The third-order valence-corrected chi connectivity index (χ3v) is 8.98. The average molecular weight is 493 g/mol. The van der Waals surface area contributed by atoms with Gasteiger partial charge in [0.05, 0.1) is 4.90 Å². The van der Waals surface area contributed by atoms with E-state index in [0.29, 0.717) is 5.75 Å². The molecule has 1 fully saturated rings. The van der Waals surface area contributed by atoms with E-state index in [1.165, 1.54) is 17.3 Å². The van der Waals surface area contributed by atoms with Gasteiger partial charge < -0.3 is 15.2 Å². The van der Waals surface area contributed by atoms with E-state index in [1.807, 2.05) is 24.3 Å². The highest BCUT2D eigenvalue weighted by Crippen LogP contribution is 2.38. The van der Waals surface area contributed by atoms with Crippen LogP contribution in [-0.2, 0) is 26.1 Å². The standard InChI is InChI=1S/C24H32N2O5S2/c1-24(2)22(23(27)28)26(14-16-32-24)33(29,30)21-11-9-20(10-12-21)19-7-5-18(6-8-19)17-25-13-4-15-31-3/h5-12,22,25H,4,13-17H2,1-3H3,(H,27,28). The minimum absolute atomic E-state index is 0.108. The molecule has 33 heavy (non-hydrogen) atoms. The van der Waals surface area contributed by atoms with Gasteiger partial charge in [-0.15, -0.1) is 0 Å². The molecule has 180 valence electrons. The van der Waals surface area contributed by atoms with E-state index in [-0.39, 0.29) is 11.4 Å². The van der Waals surface area contributed by atoms with Crippen LogP contribution in [0.15, 0.2) is 53.4 Å². The highest BCUT2D eigenvalue weighted by atomic mass is 32.2. The summed E-state index contributed by atoms with van der Waals surface area (Å²) in [6, 6.07) is 13.7. The minimum atomic E-state index is -3.93. The van der Waals surface area contributed by atoms with E-state index in [9.17, 15) is 18.3 Å². The summed E-state index contributed by atoms with van der Waals surface area (Å²) < 4.78 is 32.0. The first-order valence-corrected chi connectivity index (χ1v) is 13.4. The third-order valence-electron chi connectivity index (χ3n) is 5.75. The lowest BCUT2D eigenvalue weighted by molar-refractivity contribution is -0.142. The van der Waals surface area contributed by atoms with Gasteiger partial charge in [-0.3, -0.25) is 4.79 Å². The number of carboxylic acids is 1. The van der Waals surface area contributed by atoms with Crippen LogP contribution in [0.4, 0.5) is 0 Å². The number of benzene rings is 2. The van der Waals surface area contributed by atoms with Gasteiger partial charge >= 0.3 is 5.97 Å². The number of hydrogen-bond donors (Lipinski definition) is 2. The van der Waals surface area contributed by atoms with Crippen molar-refractivity contribution in [1.82, 2.24) is 9.62 Å². The van der Waals surface area contributed by atoms with Crippen LogP contribution in [0, 0.1) is 0 Å². The summed E-state index contributed by atoms with van der Waals surface area (Å²) in [7, 11) is -2.23. The Labute approximate surface area is 200 Å². The summed E-state index contributed by atoms with van der Waals surface area (Å²) in [5.74, 6) is -0.567. The number of carbonyl (C=O) groups is 1.